The van der Waals surface area contributed by atoms with Crippen molar-refractivity contribution in [2.45, 2.75) is 6.92 Å². The zero-order chi connectivity index (χ0) is 29.2. The van der Waals surface area contributed by atoms with Crippen LogP contribution in [0.5, 0.6) is 0 Å². The lowest BCUT2D eigenvalue weighted by atomic mass is 10.0. The molecule has 0 aliphatic carbocycles. The van der Waals surface area contributed by atoms with Gasteiger partial charge in [0.1, 0.15) is 23.0 Å². The summed E-state index contributed by atoms with van der Waals surface area (Å²) < 4.78 is 33.4. The number of urea groups is 1. The van der Waals surface area contributed by atoms with E-state index < -0.39 is 11.7 Å². The molecule has 3 amide bonds. The van der Waals surface area contributed by atoms with Gasteiger partial charge in [-0.05, 0) is 66.6 Å². The second-order valence-corrected chi connectivity index (χ2v) is 10.0. The Morgan fingerprint density at radius 2 is 1.64 bits per heavy atom. The van der Waals surface area contributed by atoms with E-state index in [1.54, 1.807) is 47.5 Å². The van der Waals surface area contributed by atoms with Crippen LogP contribution in [0.4, 0.5) is 30.8 Å². The summed E-state index contributed by atoms with van der Waals surface area (Å²) in [6, 6.07) is 21.1. The highest BCUT2D eigenvalue weighted by Crippen LogP contribution is 2.31. The zero-order valence-corrected chi connectivity index (χ0v) is 22.7. The first-order valence-electron chi connectivity index (χ1n) is 13.5. The van der Waals surface area contributed by atoms with Crippen LogP contribution in [-0.2, 0) is 0 Å². The Labute approximate surface area is 240 Å². The summed E-state index contributed by atoms with van der Waals surface area (Å²) in [6.45, 7) is 3.82. The molecule has 0 unspecified atom stereocenters. The standard InChI is InChI=1S/C32H27F2N5O3/c1-20-25-18-22(21-5-4-6-23(33)17-21)9-11-28(25)42-30(20)31(40)36-24-10-12-29(35-19-24)38-13-15-39(16-14-38)32(41)37-27-8-3-2-7-26(27)34/h2-12,17-19H,13-16H2,1H3,(H,36,40)(H,37,41). The van der Waals surface area contributed by atoms with Crippen LogP contribution in [0.2, 0.25) is 0 Å². The van der Waals surface area contributed by atoms with Crippen LogP contribution in [0.3, 0.4) is 0 Å². The van der Waals surface area contributed by atoms with Crippen LogP contribution in [0.25, 0.3) is 22.1 Å². The lowest BCUT2D eigenvalue weighted by Gasteiger charge is -2.35. The third kappa shape index (κ3) is 5.51. The highest BCUT2D eigenvalue weighted by atomic mass is 19.1. The number of benzene rings is 3. The number of nitrogens with one attached hydrogen (secondary N) is 2. The average Bonchev–Trinajstić information content (AvgIpc) is 3.34. The number of piperazine rings is 1. The number of aryl methyl sites for hydroxylation is 1. The smallest absolute Gasteiger partial charge is 0.322 e. The molecule has 10 heteroatoms. The molecule has 1 fully saturated rings. The highest BCUT2D eigenvalue weighted by Gasteiger charge is 2.23. The molecule has 1 saturated heterocycles. The molecule has 42 heavy (non-hydrogen) atoms. The molecule has 212 valence electrons. The zero-order valence-electron chi connectivity index (χ0n) is 22.7. The van der Waals surface area contributed by atoms with E-state index in [0.29, 0.717) is 48.8 Å². The molecule has 3 aromatic carbocycles. The molecule has 3 heterocycles. The second-order valence-electron chi connectivity index (χ2n) is 10.0. The van der Waals surface area contributed by atoms with Crippen LogP contribution in [0.15, 0.2) is 89.5 Å². The first-order valence-corrected chi connectivity index (χ1v) is 13.5. The molecule has 0 spiro atoms. The Morgan fingerprint density at radius 3 is 2.38 bits per heavy atom. The van der Waals surface area contributed by atoms with Crippen molar-refractivity contribution in [2.24, 2.45) is 0 Å². The summed E-state index contributed by atoms with van der Waals surface area (Å²) >= 11 is 0. The minimum Gasteiger partial charge on any atom is -0.451 e. The maximum absolute atomic E-state index is 13.9. The monoisotopic (exact) mass is 567 g/mol. The number of para-hydroxylation sites is 1. The minimum absolute atomic E-state index is 0.149. The van der Waals surface area contributed by atoms with Gasteiger partial charge in [-0.1, -0.05) is 30.3 Å². The van der Waals surface area contributed by atoms with Crippen molar-refractivity contribution in [3.63, 3.8) is 0 Å². The fourth-order valence-corrected chi connectivity index (χ4v) is 5.02. The Morgan fingerprint density at radius 1 is 0.857 bits per heavy atom. The van der Waals surface area contributed by atoms with E-state index in [9.17, 15) is 18.4 Å². The number of amides is 3. The van der Waals surface area contributed by atoms with Crippen molar-refractivity contribution >= 4 is 40.1 Å². The lowest BCUT2D eigenvalue weighted by molar-refractivity contribution is 0.0998. The van der Waals surface area contributed by atoms with Crippen molar-refractivity contribution in [1.82, 2.24) is 9.88 Å². The van der Waals surface area contributed by atoms with Crippen molar-refractivity contribution in [2.75, 3.05) is 41.7 Å². The fraction of sp³-hybridized carbons (Fsp3) is 0.156. The molecule has 1 aliphatic heterocycles. The summed E-state index contributed by atoms with van der Waals surface area (Å²) in [4.78, 5) is 33.8. The van der Waals surface area contributed by atoms with Gasteiger partial charge in [0.05, 0.1) is 17.6 Å². The van der Waals surface area contributed by atoms with Gasteiger partial charge in [-0.3, -0.25) is 4.79 Å². The van der Waals surface area contributed by atoms with E-state index >= 15 is 0 Å². The summed E-state index contributed by atoms with van der Waals surface area (Å²) in [5.74, 6) is -0.295. The SMILES string of the molecule is Cc1c(C(=O)Nc2ccc(N3CCN(C(=O)Nc4ccccc4F)CC3)nc2)oc2ccc(-c3cccc(F)c3)cc12. The Hall–Kier alpha value is -5.25. The molecular formula is C32H27F2N5O3. The van der Waals surface area contributed by atoms with Gasteiger partial charge in [0, 0.05) is 37.1 Å². The normalized spacial score (nSPS) is 13.3. The van der Waals surface area contributed by atoms with Crippen LogP contribution in [-0.4, -0.2) is 48.0 Å². The number of carbonyl (C=O) groups is 2. The maximum atomic E-state index is 13.9. The molecule has 2 aromatic heterocycles. The third-order valence-electron chi connectivity index (χ3n) is 7.31. The number of nitrogens with zero attached hydrogens (tertiary/aromatic N) is 3. The van der Waals surface area contributed by atoms with Gasteiger partial charge in [0.15, 0.2) is 5.76 Å². The molecule has 0 bridgehead atoms. The van der Waals surface area contributed by atoms with Crippen molar-refractivity contribution < 1.29 is 22.8 Å². The predicted octanol–water partition coefficient (Wildman–Crippen LogP) is 6.69. The average molecular weight is 568 g/mol. The van der Waals surface area contributed by atoms with E-state index in [1.165, 1.54) is 24.3 Å². The number of aromatic nitrogens is 1. The van der Waals surface area contributed by atoms with Crippen LogP contribution in [0, 0.1) is 18.6 Å². The van der Waals surface area contributed by atoms with Gasteiger partial charge in [0.25, 0.3) is 5.91 Å². The van der Waals surface area contributed by atoms with E-state index in [-0.39, 0.29) is 23.3 Å². The topological polar surface area (TPSA) is 90.7 Å². The molecule has 5 aromatic rings. The molecule has 1 aliphatic rings. The maximum Gasteiger partial charge on any atom is 0.322 e. The van der Waals surface area contributed by atoms with Gasteiger partial charge in [-0.15, -0.1) is 0 Å². The number of halogens is 2. The van der Waals surface area contributed by atoms with Crippen molar-refractivity contribution in [3.8, 4) is 11.1 Å². The molecule has 8 nitrogen and oxygen atoms in total. The number of rotatable bonds is 5. The van der Waals surface area contributed by atoms with E-state index in [1.807, 2.05) is 30.0 Å². The summed E-state index contributed by atoms with van der Waals surface area (Å²) in [5, 5.41) is 6.23. The van der Waals surface area contributed by atoms with E-state index in [4.69, 9.17) is 4.42 Å². The molecule has 0 radical (unpaired) electrons. The molecule has 0 atom stereocenters. The Balaban J connectivity index is 1.08. The summed E-state index contributed by atoms with van der Waals surface area (Å²) in [5.41, 5.74) is 3.46. The molecule has 0 saturated carbocycles. The first kappa shape index (κ1) is 26.9. The Kier molecular flexibility index (Phi) is 7.26. The summed E-state index contributed by atoms with van der Waals surface area (Å²) in [7, 11) is 0. The van der Waals surface area contributed by atoms with Crippen molar-refractivity contribution in [1.29, 1.82) is 0 Å². The Bertz CT molecular complexity index is 1780. The summed E-state index contributed by atoms with van der Waals surface area (Å²) in [6.07, 6.45) is 1.57. The third-order valence-corrected chi connectivity index (χ3v) is 7.31. The van der Waals surface area contributed by atoms with Crippen molar-refractivity contribution in [3.05, 3.63) is 108 Å². The van der Waals surface area contributed by atoms with Crippen LogP contribution >= 0.6 is 0 Å². The van der Waals surface area contributed by atoms with Crippen LogP contribution < -0.4 is 15.5 Å². The quantitative estimate of drug-likeness (QED) is 0.247. The van der Waals surface area contributed by atoms with Gasteiger partial charge in [-0.2, -0.15) is 0 Å². The predicted molar refractivity (Wildman–Crippen MR) is 158 cm³/mol. The number of fused-ring (bicyclic) bond motifs is 1. The van der Waals surface area contributed by atoms with Gasteiger partial charge in [-0.25, -0.2) is 18.6 Å². The largest absolute Gasteiger partial charge is 0.451 e. The number of hydrogen-bond donors (Lipinski definition) is 2. The van der Waals surface area contributed by atoms with Gasteiger partial charge >= 0.3 is 6.03 Å². The first-order chi connectivity index (χ1) is 20.4. The lowest BCUT2D eigenvalue weighted by Crippen LogP contribution is -2.50. The number of furan rings is 1. The number of hydrogen-bond acceptors (Lipinski definition) is 5. The van der Waals surface area contributed by atoms with E-state index in [0.717, 1.165) is 16.5 Å². The number of pyridine rings is 1. The van der Waals surface area contributed by atoms with Gasteiger partial charge < -0.3 is 24.9 Å². The highest BCUT2D eigenvalue weighted by molar-refractivity contribution is 6.06. The molecular weight excluding hydrogens is 540 g/mol. The van der Waals surface area contributed by atoms with Gasteiger partial charge in [0.2, 0.25) is 0 Å². The number of carbonyl (C=O) groups excluding carboxylic acids is 2. The second kappa shape index (κ2) is 11.3. The van der Waals surface area contributed by atoms with Crippen LogP contribution in [0.1, 0.15) is 16.1 Å². The minimum atomic E-state index is -0.480. The number of anilines is 3. The fourth-order valence-electron chi connectivity index (χ4n) is 5.02. The van der Waals surface area contributed by atoms with E-state index in [2.05, 4.69) is 15.6 Å². The molecule has 2 N–H and O–H groups in total. The molecule has 6 rings (SSSR count).